The molecule has 0 saturated carbocycles. The molecule has 130 valence electrons. The summed E-state index contributed by atoms with van der Waals surface area (Å²) >= 11 is 0. The number of ether oxygens (including phenoxy) is 1. The highest BCUT2D eigenvalue weighted by atomic mass is 16.5. The Morgan fingerprint density at radius 1 is 1.24 bits per heavy atom. The van der Waals surface area contributed by atoms with Crippen molar-refractivity contribution < 1.29 is 19.4 Å². The highest BCUT2D eigenvalue weighted by molar-refractivity contribution is 5.92. The van der Waals surface area contributed by atoms with Crippen molar-refractivity contribution in [2.24, 2.45) is 0 Å². The van der Waals surface area contributed by atoms with Crippen molar-refractivity contribution in [3.8, 4) is 11.5 Å². The maximum absolute atomic E-state index is 12.0. The quantitative estimate of drug-likeness (QED) is 0.892. The third-order valence-electron chi connectivity index (χ3n) is 3.80. The maximum atomic E-state index is 12.0. The van der Waals surface area contributed by atoms with E-state index in [4.69, 9.17) is 9.84 Å². The fourth-order valence-corrected chi connectivity index (χ4v) is 2.71. The van der Waals surface area contributed by atoms with E-state index in [1.165, 1.54) is 11.1 Å². The Balaban J connectivity index is 1.77. The van der Waals surface area contributed by atoms with Gasteiger partial charge in [-0.05, 0) is 50.1 Å². The average molecular weight is 341 g/mol. The Morgan fingerprint density at radius 2 is 2.00 bits per heavy atom. The summed E-state index contributed by atoms with van der Waals surface area (Å²) in [5, 5.41) is 11.9. The topological polar surface area (TPSA) is 91.8 Å². The van der Waals surface area contributed by atoms with Crippen LogP contribution in [0.25, 0.3) is 0 Å². The van der Waals surface area contributed by atoms with Crippen LogP contribution in [0.4, 0.5) is 10.5 Å². The Labute approximate surface area is 145 Å². The monoisotopic (exact) mass is 341 g/mol. The van der Waals surface area contributed by atoms with E-state index in [9.17, 15) is 9.59 Å². The number of nitrogens with one attached hydrogen (secondary N) is 1. The van der Waals surface area contributed by atoms with Gasteiger partial charge in [-0.1, -0.05) is 0 Å². The molecule has 2 N–H and O–H groups in total. The zero-order valence-corrected chi connectivity index (χ0v) is 14.0. The predicted molar refractivity (Wildman–Crippen MR) is 92.4 cm³/mol. The maximum Gasteiger partial charge on any atom is 0.411 e. The number of carbonyl (C=O) groups excluding carboxylic acids is 1. The molecule has 1 aromatic carbocycles. The molecule has 7 heteroatoms. The largest absolute Gasteiger partial charge is 0.465 e. The third kappa shape index (κ3) is 3.71. The van der Waals surface area contributed by atoms with Gasteiger partial charge in [0.1, 0.15) is 17.2 Å². The summed E-state index contributed by atoms with van der Waals surface area (Å²) in [4.78, 5) is 28.6. The molecule has 1 aliphatic heterocycles. The van der Waals surface area contributed by atoms with Crippen LogP contribution in [0, 0.1) is 0 Å². The number of carboxylic acid groups (broad SMARTS) is 1. The lowest BCUT2D eigenvalue weighted by atomic mass is 10.1. The number of fused-ring (bicyclic) bond motifs is 1. The van der Waals surface area contributed by atoms with E-state index in [2.05, 4.69) is 10.3 Å². The molecule has 25 heavy (non-hydrogen) atoms. The molecule has 3 rings (SSSR count). The van der Waals surface area contributed by atoms with Crippen LogP contribution < -0.4 is 15.0 Å². The minimum atomic E-state index is -0.956. The number of hydrogen-bond donors (Lipinski definition) is 2. The lowest BCUT2D eigenvalue weighted by Gasteiger charge is -2.13. The van der Waals surface area contributed by atoms with Gasteiger partial charge in [0.2, 0.25) is 0 Å². The summed E-state index contributed by atoms with van der Waals surface area (Å²) in [7, 11) is 0. The Hall–Kier alpha value is -3.09. The van der Waals surface area contributed by atoms with Gasteiger partial charge < -0.3 is 15.2 Å². The molecule has 0 radical (unpaired) electrons. The molecule has 0 fully saturated rings. The standard InChI is InChI=1S/C18H19N3O4/c1-11(2)20-17(22)15-10-14(5-7-19-15)25-13-3-4-16-12(9-13)6-8-21(16)18(23)24/h3-5,7,9-11H,6,8H2,1-2H3,(H,20,22)(H,23,24). The van der Waals surface area contributed by atoms with Gasteiger partial charge >= 0.3 is 6.09 Å². The molecule has 7 nitrogen and oxygen atoms in total. The molecule has 1 aromatic heterocycles. The SMILES string of the molecule is CC(C)NC(=O)c1cc(Oc2ccc3c(c2)CCN3C(=O)O)ccn1. The first kappa shape index (κ1) is 16.8. The Morgan fingerprint density at radius 3 is 2.72 bits per heavy atom. The zero-order valence-electron chi connectivity index (χ0n) is 14.0. The number of anilines is 1. The minimum absolute atomic E-state index is 0.0211. The molecule has 2 aromatic rings. The summed E-state index contributed by atoms with van der Waals surface area (Å²) in [6.45, 7) is 4.20. The number of rotatable bonds is 4. The Bertz CT molecular complexity index is 820. The fraction of sp³-hybridized carbons (Fsp3) is 0.278. The van der Waals surface area contributed by atoms with Gasteiger partial charge in [0.05, 0.1) is 5.69 Å². The first-order valence-electron chi connectivity index (χ1n) is 8.02. The summed E-state index contributed by atoms with van der Waals surface area (Å²) < 4.78 is 5.81. The zero-order chi connectivity index (χ0) is 18.0. The number of pyridine rings is 1. The van der Waals surface area contributed by atoms with Crippen molar-refractivity contribution in [3.63, 3.8) is 0 Å². The van der Waals surface area contributed by atoms with Crippen molar-refractivity contribution in [2.45, 2.75) is 26.3 Å². The van der Waals surface area contributed by atoms with Gasteiger partial charge in [0.15, 0.2) is 0 Å². The molecular weight excluding hydrogens is 322 g/mol. The number of amides is 2. The number of carbonyl (C=O) groups is 2. The van der Waals surface area contributed by atoms with Crippen LogP contribution in [0.15, 0.2) is 36.5 Å². The highest BCUT2D eigenvalue weighted by Crippen LogP contribution is 2.33. The first-order chi connectivity index (χ1) is 11.9. The number of benzene rings is 1. The van der Waals surface area contributed by atoms with E-state index in [1.54, 1.807) is 24.3 Å². The molecule has 0 unspecified atom stereocenters. The van der Waals surface area contributed by atoms with Gasteiger partial charge in [0.25, 0.3) is 5.91 Å². The van der Waals surface area contributed by atoms with Crippen LogP contribution in [-0.4, -0.2) is 34.7 Å². The molecular formula is C18H19N3O4. The van der Waals surface area contributed by atoms with Crippen molar-refractivity contribution in [3.05, 3.63) is 47.8 Å². The van der Waals surface area contributed by atoms with E-state index >= 15 is 0 Å². The second kappa shape index (κ2) is 6.80. The van der Waals surface area contributed by atoms with E-state index in [0.717, 1.165) is 5.56 Å². The first-order valence-corrected chi connectivity index (χ1v) is 8.02. The second-order valence-electron chi connectivity index (χ2n) is 6.08. The van der Waals surface area contributed by atoms with Gasteiger partial charge in [-0.15, -0.1) is 0 Å². The molecule has 1 aliphatic rings. The van der Waals surface area contributed by atoms with Crippen molar-refractivity contribution >= 4 is 17.7 Å². The normalized spacial score (nSPS) is 12.8. The number of hydrogen-bond acceptors (Lipinski definition) is 4. The summed E-state index contributed by atoms with van der Waals surface area (Å²) in [6, 6.07) is 8.55. The Kier molecular flexibility index (Phi) is 4.56. The van der Waals surface area contributed by atoms with Gasteiger partial charge in [-0.25, -0.2) is 4.79 Å². The minimum Gasteiger partial charge on any atom is -0.465 e. The van der Waals surface area contributed by atoms with E-state index in [1.807, 2.05) is 19.9 Å². The van der Waals surface area contributed by atoms with E-state index in [-0.39, 0.29) is 17.6 Å². The molecule has 0 saturated heterocycles. The third-order valence-corrected chi connectivity index (χ3v) is 3.80. The molecule has 0 spiro atoms. The summed E-state index contributed by atoms with van der Waals surface area (Å²) in [5.41, 5.74) is 1.89. The molecule has 2 heterocycles. The van der Waals surface area contributed by atoms with Gasteiger partial charge in [0, 0.05) is 24.8 Å². The van der Waals surface area contributed by atoms with Crippen LogP contribution in [-0.2, 0) is 6.42 Å². The molecule has 0 bridgehead atoms. The number of aromatic nitrogens is 1. The van der Waals surface area contributed by atoms with Crippen LogP contribution in [0.3, 0.4) is 0 Å². The molecule has 0 aliphatic carbocycles. The number of nitrogens with zero attached hydrogens (tertiary/aromatic N) is 2. The van der Waals surface area contributed by atoms with Crippen molar-refractivity contribution in [1.82, 2.24) is 10.3 Å². The van der Waals surface area contributed by atoms with Crippen molar-refractivity contribution in [1.29, 1.82) is 0 Å². The smallest absolute Gasteiger partial charge is 0.411 e. The van der Waals surface area contributed by atoms with Gasteiger partial charge in [-0.3, -0.25) is 14.7 Å². The average Bonchev–Trinajstić information content (AvgIpc) is 2.98. The van der Waals surface area contributed by atoms with Crippen LogP contribution >= 0.6 is 0 Å². The van der Waals surface area contributed by atoms with Gasteiger partial charge in [-0.2, -0.15) is 0 Å². The fourth-order valence-electron chi connectivity index (χ4n) is 2.71. The second-order valence-corrected chi connectivity index (χ2v) is 6.08. The molecule has 0 atom stereocenters. The lowest BCUT2D eigenvalue weighted by molar-refractivity contribution is 0.0937. The highest BCUT2D eigenvalue weighted by Gasteiger charge is 2.24. The van der Waals surface area contributed by atoms with Crippen LogP contribution in [0.2, 0.25) is 0 Å². The molecule has 2 amide bonds. The summed E-state index contributed by atoms with van der Waals surface area (Å²) in [6.07, 6.45) is 1.21. The van der Waals surface area contributed by atoms with Crippen molar-refractivity contribution in [2.75, 3.05) is 11.4 Å². The summed E-state index contributed by atoms with van der Waals surface area (Å²) in [5.74, 6) is 0.829. The van der Waals surface area contributed by atoms with E-state index in [0.29, 0.717) is 30.2 Å². The van der Waals surface area contributed by atoms with E-state index < -0.39 is 6.09 Å². The van der Waals surface area contributed by atoms with Crippen LogP contribution in [0.1, 0.15) is 29.9 Å². The lowest BCUT2D eigenvalue weighted by Crippen LogP contribution is -2.30. The predicted octanol–water partition coefficient (Wildman–Crippen LogP) is 3.05. The van der Waals surface area contributed by atoms with Crippen LogP contribution in [0.5, 0.6) is 11.5 Å².